The maximum atomic E-state index is 13.1. The van der Waals surface area contributed by atoms with Gasteiger partial charge in [0.05, 0.1) is 10.8 Å². The van der Waals surface area contributed by atoms with E-state index in [2.05, 4.69) is 10.1 Å². The van der Waals surface area contributed by atoms with Crippen LogP contribution in [0.25, 0.3) is 11.4 Å². The van der Waals surface area contributed by atoms with Crippen molar-refractivity contribution in [3.63, 3.8) is 0 Å². The maximum absolute atomic E-state index is 13.1. The number of carbonyl (C=O) groups is 1. The number of hydrogen-bond donors (Lipinski definition) is 1. The van der Waals surface area contributed by atoms with Gasteiger partial charge in [-0.1, -0.05) is 5.16 Å². The van der Waals surface area contributed by atoms with Gasteiger partial charge in [-0.05, 0) is 49.2 Å². The molecule has 1 unspecified atom stereocenters. The van der Waals surface area contributed by atoms with Crippen molar-refractivity contribution >= 4 is 11.6 Å². The van der Waals surface area contributed by atoms with Crippen molar-refractivity contribution in [2.45, 2.75) is 18.8 Å². The molecule has 29 heavy (non-hydrogen) atoms. The van der Waals surface area contributed by atoms with E-state index in [-0.39, 0.29) is 28.3 Å². The maximum Gasteiger partial charge on any atom is 0.316 e. The summed E-state index contributed by atoms with van der Waals surface area (Å²) in [7, 11) is 0. The summed E-state index contributed by atoms with van der Waals surface area (Å²) in [6.07, 6.45) is 1.60. The van der Waals surface area contributed by atoms with E-state index in [1.165, 1.54) is 36.4 Å². The molecule has 0 bridgehead atoms. The van der Waals surface area contributed by atoms with Gasteiger partial charge in [0.1, 0.15) is 5.82 Å². The Morgan fingerprint density at radius 2 is 1.90 bits per heavy atom. The highest BCUT2D eigenvalue weighted by Crippen LogP contribution is 2.29. The van der Waals surface area contributed by atoms with Crippen molar-refractivity contribution in [3.05, 3.63) is 70.7 Å². The zero-order valence-corrected chi connectivity index (χ0v) is 15.4. The van der Waals surface area contributed by atoms with Gasteiger partial charge < -0.3 is 9.42 Å². The van der Waals surface area contributed by atoms with Crippen LogP contribution < -0.4 is 0 Å². The molecule has 148 valence electrons. The molecule has 4 rings (SSSR count). The van der Waals surface area contributed by atoms with Crippen molar-refractivity contribution in [2.75, 3.05) is 13.1 Å². The van der Waals surface area contributed by atoms with Crippen molar-refractivity contribution in [1.29, 1.82) is 0 Å². The Bertz CT molecular complexity index is 1030. The van der Waals surface area contributed by atoms with Gasteiger partial charge in [-0.15, -0.1) is 0 Å². The fourth-order valence-corrected chi connectivity index (χ4v) is 3.39. The first-order valence-electron chi connectivity index (χ1n) is 9.16. The zero-order valence-electron chi connectivity index (χ0n) is 15.4. The molecule has 2 aromatic carbocycles. The van der Waals surface area contributed by atoms with Crippen LogP contribution >= 0.6 is 0 Å². The summed E-state index contributed by atoms with van der Waals surface area (Å²) in [5.74, 6) is 0.170. The van der Waals surface area contributed by atoms with Gasteiger partial charge in [-0.2, -0.15) is 4.98 Å². The average Bonchev–Trinajstić information content (AvgIpc) is 3.24. The summed E-state index contributed by atoms with van der Waals surface area (Å²) >= 11 is 0. The highest BCUT2D eigenvalue weighted by atomic mass is 19.1. The SMILES string of the molecule is O=C(c1ccc(F)cc1)N1CCCC(c2nc(-c3ccc([N+](=O)O)cc3)no2)C1. The molecule has 1 aromatic heterocycles. The first-order chi connectivity index (χ1) is 14.0. The van der Waals surface area contributed by atoms with E-state index >= 15 is 0 Å². The Labute approximate surface area is 165 Å². The summed E-state index contributed by atoms with van der Waals surface area (Å²) in [4.78, 5) is 29.5. The molecule has 8 nitrogen and oxygen atoms in total. The van der Waals surface area contributed by atoms with Crippen LogP contribution in [0.5, 0.6) is 0 Å². The average molecular weight is 397 g/mol. The molecule has 1 aliphatic heterocycles. The summed E-state index contributed by atoms with van der Waals surface area (Å²) in [5, 5.41) is 12.9. The van der Waals surface area contributed by atoms with Gasteiger partial charge in [-0.3, -0.25) is 4.79 Å². The van der Waals surface area contributed by atoms with E-state index in [9.17, 15) is 14.1 Å². The lowest BCUT2D eigenvalue weighted by Crippen LogP contribution is -2.39. The predicted molar refractivity (Wildman–Crippen MR) is 99.1 cm³/mol. The van der Waals surface area contributed by atoms with Gasteiger partial charge in [0.25, 0.3) is 10.8 Å². The van der Waals surface area contributed by atoms with Gasteiger partial charge in [0, 0.05) is 36.3 Å². The van der Waals surface area contributed by atoms with Gasteiger partial charge in [-0.25, -0.2) is 9.60 Å². The lowest BCUT2D eigenvalue weighted by atomic mass is 9.97. The second kappa shape index (κ2) is 7.78. The monoisotopic (exact) mass is 397 g/mol. The second-order valence-electron chi connectivity index (χ2n) is 6.87. The van der Waals surface area contributed by atoms with Gasteiger partial charge in [0.2, 0.25) is 11.7 Å². The highest BCUT2D eigenvalue weighted by Gasteiger charge is 2.29. The van der Waals surface area contributed by atoms with E-state index in [1.54, 1.807) is 17.0 Å². The van der Waals surface area contributed by atoms with Crippen molar-refractivity contribution < 1.29 is 23.8 Å². The van der Waals surface area contributed by atoms with Crippen LogP contribution in [0.4, 0.5) is 10.1 Å². The Morgan fingerprint density at radius 3 is 2.59 bits per heavy atom. The predicted octanol–water partition coefficient (Wildman–Crippen LogP) is 3.70. The number of likely N-dealkylation sites (tertiary alicyclic amines) is 1. The van der Waals surface area contributed by atoms with Crippen molar-refractivity contribution in [3.8, 4) is 11.4 Å². The smallest absolute Gasteiger partial charge is 0.316 e. The Kier molecular flexibility index (Phi) is 5.03. The second-order valence-corrected chi connectivity index (χ2v) is 6.87. The zero-order chi connectivity index (χ0) is 20.4. The van der Waals surface area contributed by atoms with E-state index in [0.29, 0.717) is 35.9 Å². The van der Waals surface area contributed by atoms with E-state index in [1.807, 2.05) is 0 Å². The van der Waals surface area contributed by atoms with Crippen LogP contribution in [0.15, 0.2) is 53.1 Å². The third-order valence-corrected chi connectivity index (χ3v) is 4.94. The fraction of sp³-hybridized carbons (Fsp3) is 0.250. The van der Waals surface area contributed by atoms with Gasteiger partial charge >= 0.3 is 5.69 Å². The van der Waals surface area contributed by atoms with Crippen LogP contribution in [-0.2, 0) is 0 Å². The van der Waals surface area contributed by atoms with Crippen molar-refractivity contribution in [1.82, 2.24) is 15.0 Å². The number of aromatic nitrogens is 2. The minimum absolute atomic E-state index is 0.0942. The van der Waals surface area contributed by atoms with Crippen LogP contribution in [-0.4, -0.2) is 44.2 Å². The molecular weight excluding hydrogens is 379 g/mol. The number of hydrogen-bond acceptors (Lipinski definition) is 5. The lowest BCUT2D eigenvalue weighted by molar-refractivity contribution is -0.729. The molecular formula is C20H18FN4O4+. The molecule has 1 fully saturated rings. The fourth-order valence-electron chi connectivity index (χ4n) is 3.39. The molecule has 1 amide bonds. The molecule has 0 spiro atoms. The van der Waals surface area contributed by atoms with Crippen LogP contribution in [0.1, 0.15) is 35.0 Å². The molecule has 1 atom stereocenters. The minimum Gasteiger partial charge on any atom is -0.339 e. The largest absolute Gasteiger partial charge is 0.339 e. The first-order valence-corrected chi connectivity index (χ1v) is 9.16. The van der Waals surface area contributed by atoms with E-state index < -0.39 is 0 Å². The van der Waals surface area contributed by atoms with Gasteiger partial charge in [0.15, 0.2) is 0 Å². The Morgan fingerprint density at radius 1 is 1.17 bits per heavy atom. The van der Waals surface area contributed by atoms with Crippen LogP contribution in [0, 0.1) is 10.7 Å². The third-order valence-electron chi connectivity index (χ3n) is 4.94. The molecule has 3 aromatic rings. The first kappa shape index (κ1) is 18.7. The summed E-state index contributed by atoms with van der Waals surface area (Å²) < 4.78 is 18.5. The summed E-state index contributed by atoms with van der Waals surface area (Å²) in [5.41, 5.74) is 1.18. The molecule has 1 N–H and O–H groups in total. The molecule has 0 aliphatic carbocycles. The third kappa shape index (κ3) is 3.98. The normalized spacial score (nSPS) is 16.6. The highest BCUT2D eigenvalue weighted by molar-refractivity contribution is 5.94. The molecule has 9 heteroatoms. The molecule has 0 saturated carbocycles. The number of rotatable bonds is 4. The number of amides is 1. The molecule has 0 radical (unpaired) electrons. The van der Waals surface area contributed by atoms with Crippen LogP contribution in [0.2, 0.25) is 0 Å². The quantitative estimate of drug-likeness (QED) is 0.674. The number of nitrogens with zero attached hydrogens (tertiary/aromatic N) is 4. The molecule has 2 heterocycles. The number of benzene rings is 2. The molecule has 1 aliphatic rings. The number of halogens is 1. The number of carbonyl (C=O) groups excluding carboxylic acids is 1. The minimum atomic E-state index is -0.383. The topological polar surface area (TPSA) is 99.5 Å². The Hall–Kier alpha value is -3.62. The Balaban J connectivity index is 1.48. The van der Waals surface area contributed by atoms with Crippen LogP contribution in [0.3, 0.4) is 0 Å². The van der Waals surface area contributed by atoms with E-state index in [4.69, 9.17) is 9.73 Å². The van der Waals surface area contributed by atoms with E-state index in [0.717, 1.165) is 12.8 Å². The van der Waals surface area contributed by atoms with Crippen molar-refractivity contribution in [2.24, 2.45) is 0 Å². The number of piperidine rings is 1. The standard InChI is InChI=1S/C20H18FN4O4/c21-16-7-3-14(4-8-16)20(26)24-11-1-2-15(12-24)19-22-18(23-29-19)13-5-9-17(10-6-13)25(27)28/h3-10,15H,1-2,11-12H2,(H,27,28)/q+1. The summed E-state index contributed by atoms with van der Waals surface area (Å²) in [6, 6.07) is 11.6. The lowest BCUT2D eigenvalue weighted by Gasteiger charge is -2.31. The summed E-state index contributed by atoms with van der Waals surface area (Å²) in [6.45, 7) is 1.05. The molecule has 1 saturated heterocycles.